The Morgan fingerprint density at radius 2 is 0.667 bits per heavy atom. The van der Waals surface area contributed by atoms with Crippen molar-refractivity contribution in [3.63, 3.8) is 0 Å². The molecular formula is C39H66. The summed E-state index contributed by atoms with van der Waals surface area (Å²) in [6, 6.07) is 0. The van der Waals surface area contributed by atoms with E-state index in [0.29, 0.717) is 0 Å². The van der Waals surface area contributed by atoms with Gasteiger partial charge in [-0.05, 0) is 102 Å². The summed E-state index contributed by atoms with van der Waals surface area (Å²) in [6.07, 6.45) is 10.5. The summed E-state index contributed by atoms with van der Waals surface area (Å²) in [6.45, 7) is 15.7. The van der Waals surface area contributed by atoms with E-state index in [-0.39, 0.29) is 46.2 Å². The molecular weight excluding hydrogens is 468 g/mol. The van der Waals surface area contributed by atoms with E-state index in [4.69, 9.17) is 0 Å². The minimum atomic E-state index is -0.276. The summed E-state index contributed by atoms with van der Waals surface area (Å²) in [5.74, 6) is 46.4. The first-order valence-corrected chi connectivity index (χ1v) is 12.6. The van der Waals surface area contributed by atoms with Crippen LogP contribution >= 0.6 is 0 Å². The van der Waals surface area contributed by atoms with Gasteiger partial charge in [0.2, 0.25) is 0 Å². The first kappa shape index (κ1) is 48.5. The lowest BCUT2D eigenvalue weighted by atomic mass is 9.85. The van der Waals surface area contributed by atoms with Crippen molar-refractivity contribution in [1.29, 1.82) is 0 Å². The maximum Gasteiger partial charge on any atom is 0.0911 e. The molecule has 0 rings (SSSR count). The second-order valence-corrected chi connectivity index (χ2v) is 8.43. The highest BCUT2D eigenvalue weighted by atomic mass is 14.2. The fraction of sp³-hybridized carbons (Fsp3) is 0.590. The van der Waals surface area contributed by atoms with Gasteiger partial charge in [-0.3, -0.25) is 0 Å². The molecule has 0 aliphatic rings. The van der Waals surface area contributed by atoms with E-state index in [1.165, 1.54) is 32.1 Å². The predicted molar refractivity (Wildman–Crippen MR) is 189 cm³/mol. The minimum Gasteiger partial charge on any atom is -0.0925 e. The van der Waals surface area contributed by atoms with Crippen molar-refractivity contribution in [2.45, 2.75) is 143 Å². The predicted octanol–water partition coefficient (Wildman–Crippen LogP) is 11.2. The van der Waals surface area contributed by atoms with Crippen molar-refractivity contribution in [3.8, 4) is 94.7 Å². The molecule has 0 saturated heterocycles. The van der Waals surface area contributed by atoms with Gasteiger partial charge < -0.3 is 0 Å². The highest BCUT2D eigenvalue weighted by molar-refractivity contribution is 5.38. The second kappa shape index (κ2) is 34.5. The molecule has 0 unspecified atom stereocenters. The van der Waals surface area contributed by atoms with Crippen LogP contribution in [0.4, 0.5) is 0 Å². The lowest BCUT2D eigenvalue weighted by molar-refractivity contribution is 0.492. The summed E-state index contributed by atoms with van der Waals surface area (Å²) in [5, 5.41) is 0. The van der Waals surface area contributed by atoms with E-state index in [1.807, 2.05) is 0 Å². The van der Waals surface area contributed by atoms with Crippen LogP contribution < -0.4 is 0 Å². The Kier molecular flexibility index (Phi) is 42.9. The largest absolute Gasteiger partial charge is 0.0925 e. The lowest BCUT2D eigenvalue weighted by Gasteiger charge is -2.15. The maximum absolute atomic E-state index is 3.17. The normalized spacial score (nSPS) is 7.49. The average Bonchev–Trinajstić information content (AvgIpc) is 2.83. The van der Waals surface area contributed by atoms with Gasteiger partial charge >= 0.3 is 0 Å². The van der Waals surface area contributed by atoms with Crippen molar-refractivity contribution >= 4 is 0 Å². The Balaban J connectivity index is -0.0000000534. The van der Waals surface area contributed by atoms with Gasteiger partial charge in [0.05, 0.1) is 10.8 Å². The summed E-state index contributed by atoms with van der Waals surface area (Å²) in [7, 11) is 0. The van der Waals surface area contributed by atoms with Crippen LogP contribution in [0, 0.1) is 106 Å². The zero-order chi connectivity index (χ0) is 26.7. The number of unbranched alkanes of at least 4 members (excludes halogenated alkanes) is 5. The highest BCUT2D eigenvalue weighted by Gasteiger charge is 2.18. The Hall–Kier alpha value is -3.52. The Morgan fingerprint density at radius 1 is 0.410 bits per heavy atom. The molecule has 0 atom stereocenters. The summed E-state index contributed by atoms with van der Waals surface area (Å²) >= 11 is 0. The van der Waals surface area contributed by atoms with Crippen molar-refractivity contribution < 1.29 is 5.71 Å². The number of rotatable bonds is 9. The van der Waals surface area contributed by atoms with Crippen LogP contribution in [0.5, 0.6) is 0 Å². The second-order valence-electron chi connectivity index (χ2n) is 8.43. The topological polar surface area (TPSA) is 0 Å². The summed E-state index contributed by atoms with van der Waals surface area (Å²) < 4.78 is 0. The molecule has 0 aliphatic carbocycles. The molecule has 0 aromatic rings. The zero-order valence-electron chi connectivity index (χ0n) is 23.4. The molecule has 0 aromatic heterocycles. The van der Waals surface area contributed by atoms with Crippen LogP contribution in [0.3, 0.4) is 0 Å². The van der Waals surface area contributed by atoms with E-state index in [2.05, 4.69) is 122 Å². The lowest BCUT2D eigenvalue weighted by Crippen LogP contribution is -2.11. The van der Waals surface area contributed by atoms with Crippen molar-refractivity contribution in [2.24, 2.45) is 10.8 Å². The smallest absolute Gasteiger partial charge is 0.0911 e. The number of hydrogen-bond donors (Lipinski definition) is 0. The third kappa shape index (κ3) is 32.5. The van der Waals surface area contributed by atoms with Gasteiger partial charge in [-0.1, -0.05) is 136 Å². The maximum atomic E-state index is 3.17. The van der Waals surface area contributed by atoms with Crippen LogP contribution in [0.1, 0.15) is 149 Å². The number of hydrogen-bond acceptors (Lipinski definition) is 0. The Morgan fingerprint density at radius 3 is 0.923 bits per heavy atom. The average molecular weight is 535 g/mol. The van der Waals surface area contributed by atoms with Gasteiger partial charge in [-0.2, -0.15) is 0 Å². The molecule has 0 nitrogen and oxygen atoms in total. The van der Waals surface area contributed by atoms with Crippen LogP contribution in [-0.4, -0.2) is 0 Å². The molecule has 222 valence electrons. The van der Waals surface area contributed by atoms with Gasteiger partial charge in [0.1, 0.15) is 0 Å². The van der Waals surface area contributed by atoms with Crippen LogP contribution in [0.25, 0.3) is 0 Å². The molecule has 0 aromatic carbocycles. The Labute approximate surface area is 254 Å². The molecule has 0 amide bonds. The molecule has 0 heterocycles. The third-order valence-electron chi connectivity index (χ3n) is 4.91. The van der Waals surface area contributed by atoms with E-state index >= 15 is 0 Å². The molecule has 0 bridgehead atoms. The van der Waals surface area contributed by atoms with Crippen molar-refractivity contribution in [3.05, 3.63) is 0 Å². The third-order valence-corrected chi connectivity index (χ3v) is 4.91. The van der Waals surface area contributed by atoms with Gasteiger partial charge in [0, 0.05) is 5.71 Å². The van der Waals surface area contributed by atoms with Crippen LogP contribution in [0.15, 0.2) is 0 Å². The van der Waals surface area contributed by atoms with E-state index in [1.54, 1.807) is 27.7 Å². The van der Waals surface area contributed by atoms with E-state index < -0.39 is 0 Å². The van der Waals surface area contributed by atoms with Crippen LogP contribution in [-0.2, 0) is 0 Å². The van der Waals surface area contributed by atoms with E-state index in [0.717, 1.165) is 25.7 Å². The standard InChI is InChI=1S/C18H22.C17H20.4CH4.4H2/c1-5-8-11-14-17-18(4,15-12-9-6-2)16-13-10-7-3;1-5-8-11-14-17(4,15-12-9-6-2)16-13-10-7-3;;;;;;;;/h5,8,11,14,17H2,1-4H3;5,8,11,14H2,1-4H3;4*1H4;4*1H. The first-order chi connectivity index (χ1) is 16.9. The zero-order valence-corrected chi connectivity index (χ0v) is 23.4. The molecule has 0 fully saturated rings. The minimum absolute atomic E-state index is 0. The van der Waals surface area contributed by atoms with Crippen molar-refractivity contribution in [2.75, 3.05) is 0 Å². The Bertz CT molecular complexity index is 1040. The highest BCUT2D eigenvalue weighted by Crippen LogP contribution is 2.23. The fourth-order valence-corrected chi connectivity index (χ4v) is 2.87. The molecule has 0 N–H and O–H groups in total. The first-order valence-electron chi connectivity index (χ1n) is 12.6. The molecule has 0 radical (unpaired) electrons. The van der Waals surface area contributed by atoms with E-state index in [9.17, 15) is 0 Å². The van der Waals surface area contributed by atoms with Gasteiger partial charge in [-0.15, -0.1) is 0 Å². The van der Waals surface area contributed by atoms with Gasteiger partial charge in [0.25, 0.3) is 0 Å². The van der Waals surface area contributed by atoms with Gasteiger partial charge in [0.15, 0.2) is 0 Å². The van der Waals surface area contributed by atoms with Gasteiger partial charge in [-0.25, -0.2) is 0 Å². The summed E-state index contributed by atoms with van der Waals surface area (Å²) in [4.78, 5) is 0. The van der Waals surface area contributed by atoms with Crippen LogP contribution in [0.2, 0.25) is 0 Å². The summed E-state index contributed by atoms with van der Waals surface area (Å²) in [5.41, 5.74) is -0.551. The molecule has 0 aliphatic heterocycles. The molecule has 39 heavy (non-hydrogen) atoms. The molecule has 0 heteroatoms. The van der Waals surface area contributed by atoms with Crippen molar-refractivity contribution in [1.82, 2.24) is 0 Å². The molecule has 0 saturated carbocycles. The quantitative estimate of drug-likeness (QED) is 0.204. The SMILES string of the molecule is C.C.C.C.CC#CC#CC(C)(C#CC#CC)CCCCC.CC#CC#CC(C)(C#CC#CC)CCCCCC.[HH].[HH].[HH].[HH]. The molecule has 0 spiro atoms. The monoisotopic (exact) mass is 535 g/mol. The fourth-order valence-electron chi connectivity index (χ4n) is 2.87.